The fraction of sp³-hybridized carbons (Fsp3) is 0.500. The Hall–Kier alpha value is -1.39. The number of likely N-dealkylation sites (tertiary alicyclic amines) is 1. The summed E-state index contributed by atoms with van der Waals surface area (Å²) in [7, 11) is 0. The van der Waals surface area contributed by atoms with Crippen LogP contribution in [-0.2, 0) is 4.79 Å². The van der Waals surface area contributed by atoms with Crippen molar-refractivity contribution in [2.75, 3.05) is 13.1 Å². The van der Waals surface area contributed by atoms with E-state index < -0.39 is 6.04 Å². The molecule has 1 heterocycles. The van der Waals surface area contributed by atoms with Crippen LogP contribution >= 0.6 is 0 Å². The van der Waals surface area contributed by atoms with E-state index in [0.717, 1.165) is 12.0 Å². The van der Waals surface area contributed by atoms with Gasteiger partial charge >= 0.3 is 0 Å². The van der Waals surface area contributed by atoms with Gasteiger partial charge in [-0.3, -0.25) is 4.79 Å². The molecule has 0 bridgehead atoms. The zero-order chi connectivity index (χ0) is 13.1. The molecular formula is C14H20N2O2. The molecule has 1 aromatic rings. The highest BCUT2D eigenvalue weighted by Crippen LogP contribution is 2.22. The monoisotopic (exact) mass is 248 g/mol. The van der Waals surface area contributed by atoms with Gasteiger partial charge in [-0.15, -0.1) is 0 Å². The molecule has 1 fully saturated rings. The summed E-state index contributed by atoms with van der Waals surface area (Å²) in [5, 5.41) is 9.54. The van der Waals surface area contributed by atoms with Gasteiger partial charge in [0.1, 0.15) is 6.04 Å². The number of aliphatic hydroxyl groups is 1. The molecule has 3 N–H and O–H groups in total. The Bertz CT molecular complexity index is 406. The van der Waals surface area contributed by atoms with Crippen LogP contribution < -0.4 is 5.73 Å². The third-order valence-electron chi connectivity index (χ3n) is 3.64. The van der Waals surface area contributed by atoms with Gasteiger partial charge < -0.3 is 15.7 Å². The number of nitrogens with zero attached hydrogens (tertiary/aromatic N) is 1. The summed E-state index contributed by atoms with van der Waals surface area (Å²) in [6.07, 6.45) is 0.487. The predicted molar refractivity (Wildman–Crippen MR) is 69.7 cm³/mol. The van der Waals surface area contributed by atoms with E-state index in [-0.39, 0.29) is 17.9 Å². The first-order valence-corrected chi connectivity index (χ1v) is 6.37. The Morgan fingerprint density at radius 1 is 1.44 bits per heavy atom. The number of hydrogen-bond acceptors (Lipinski definition) is 3. The fourth-order valence-corrected chi connectivity index (χ4v) is 2.38. The number of aliphatic hydroxyl groups excluding tert-OH is 1. The second-order valence-electron chi connectivity index (χ2n) is 4.96. The van der Waals surface area contributed by atoms with Crippen molar-refractivity contribution in [1.82, 2.24) is 4.90 Å². The van der Waals surface area contributed by atoms with Gasteiger partial charge in [-0.25, -0.2) is 0 Å². The Labute approximate surface area is 107 Å². The molecule has 2 unspecified atom stereocenters. The van der Waals surface area contributed by atoms with Crippen LogP contribution in [0.2, 0.25) is 0 Å². The maximum Gasteiger partial charge on any atom is 0.244 e. The zero-order valence-corrected chi connectivity index (χ0v) is 10.6. The van der Waals surface area contributed by atoms with Gasteiger partial charge in [-0.1, -0.05) is 30.3 Å². The van der Waals surface area contributed by atoms with E-state index in [2.05, 4.69) is 0 Å². The predicted octanol–water partition coefficient (Wildman–Crippen LogP) is 0.916. The Morgan fingerprint density at radius 3 is 2.67 bits per heavy atom. The minimum Gasteiger partial charge on any atom is -0.393 e. The van der Waals surface area contributed by atoms with Crippen LogP contribution in [0.4, 0.5) is 0 Å². The summed E-state index contributed by atoms with van der Waals surface area (Å²) < 4.78 is 0. The van der Waals surface area contributed by atoms with Crippen LogP contribution in [0.25, 0.3) is 0 Å². The lowest BCUT2D eigenvalue weighted by atomic mass is 10.0. The molecule has 0 radical (unpaired) electrons. The number of carbonyl (C=O) groups excluding carboxylic acids is 1. The van der Waals surface area contributed by atoms with Crippen molar-refractivity contribution in [3.8, 4) is 0 Å². The van der Waals surface area contributed by atoms with Crippen LogP contribution in [0, 0.1) is 5.92 Å². The van der Waals surface area contributed by atoms with E-state index in [0.29, 0.717) is 13.1 Å². The average molecular weight is 248 g/mol. The van der Waals surface area contributed by atoms with E-state index in [1.54, 1.807) is 11.8 Å². The molecule has 1 aliphatic rings. The molecular weight excluding hydrogens is 228 g/mol. The van der Waals surface area contributed by atoms with Crippen molar-refractivity contribution in [2.24, 2.45) is 11.7 Å². The summed E-state index contributed by atoms with van der Waals surface area (Å²) in [5.74, 6) is 0.126. The molecule has 4 nitrogen and oxygen atoms in total. The lowest BCUT2D eigenvalue weighted by Crippen LogP contribution is -2.37. The maximum atomic E-state index is 12.2. The quantitative estimate of drug-likeness (QED) is 0.835. The Balaban J connectivity index is 2.00. The highest BCUT2D eigenvalue weighted by molar-refractivity contribution is 5.83. The minimum absolute atomic E-state index is 0.0515. The smallest absolute Gasteiger partial charge is 0.244 e. The molecule has 0 aliphatic carbocycles. The second kappa shape index (κ2) is 5.50. The van der Waals surface area contributed by atoms with E-state index >= 15 is 0 Å². The van der Waals surface area contributed by atoms with E-state index in [4.69, 9.17) is 5.73 Å². The summed E-state index contributed by atoms with van der Waals surface area (Å²) in [5.41, 5.74) is 6.82. The molecule has 1 saturated heterocycles. The molecule has 0 aromatic heterocycles. The number of amides is 1. The summed E-state index contributed by atoms with van der Waals surface area (Å²) in [6, 6.07) is 8.80. The molecule has 2 rings (SSSR count). The topological polar surface area (TPSA) is 66.6 Å². The lowest BCUT2D eigenvalue weighted by Gasteiger charge is -2.21. The normalized spacial score (nSPS) is 22.8. The van der Waals surface area contributed by atoms with Gasteiger partial charge in [0.15, 0.2) is 0 Å². The van der Waals surface area contributed by atoms with Gasteiger partial charge in [0.2, 0.25) is 5.91 Å². The highest BCUT2D eigenvalue weighted by atomic mass is 16.3. The van der Waals surface area contributed by atoms with Crippen LogP contribution in [-0.4, -0.2) is 35.1 Å². The molecule has 1 aliphatic heterocycles. The van der Waals surface area contributed by atoms with E-state index in [1.807, 2.05) is 30.3 Å². The maximum absolute atomic E-state index is 12.2. The molecule has 3 atom stereocenters. The number of carbonyl (C=O) groups is 1. The van der Waals surface area contributed by atoms with Crippen molar-refractivity contribution in [2.45, 2.75) is 25.5 Å². The van der Waals surface area contributed by atoms with Crippen LogP contribution in [0.3, 0.4) is 0 Å². The highest BCUT2D eigenvalue weighted by Gasteiger charge is 2.31. The number of rotatable bonds is 3. The number of hydrogen-bond donors (Lipinski definition) is 2. The SMILES string of the molecule is CC(O)C1CCN(C(=O)[C@@H](N)c2ccccc2)C1. The third-order valence-corrected chi connectivity index (χ3v) is 3.64. The van der Waals surface area contributed by atoms with Gasteiger partial charge in [0.25, 0.3) is 0 Å². The van der Waals surface area contributed by atoms with Crippen LogP contribution in [0.5, 0.6) is 0 Å². The largest absolute Gasteiger partial charge is 0.393 e. The average Bonchev–Trinajstić information content (AvgIpc) is 2.88. The molecule has 1 aromatic carbocycles. The number of benzene rings is 1. The third kappa shape index (κ3) is 2.71. The molecule has 98 valence electrons. The summed E-state index contributed by atoms with van der Waals surface area (Å²) in [6.45, 7) is 3.07. The zero-order valence-electron chi connectivity index (χ0n) is 10.6. The molecule has 0 saturated carbocycles. The van der Waals surface area contributed by atoms with Crippen molar-refractivity contribution < 1.29 is 9.90 Å². The van der Waals surface area contributed by atoms with Crippen molar-refractivity contribution >= 4 is 5.91 Å². The first-order chi connectivity index (χ1) is 8.59. The van der Waals surface area contributed by atoms with Crippen LogP contribution in [0.1, 0.15) is 24.9 Å². The number of nitrogens with two attached hydrogens (primary N) is 1. The Kier molecular flexibility index (Phi) is 3.99. The molecule has 0 spiro atoms. The first-order valence-electron chi connectivity index (χ1n) is 6.37. The van der Waals surface area contributed by atoms with Crippen molar-refractivity contribution in [3.63, 3.8) is 0 Å². The Morgan fingerprint density at radius 2 is 2.11 bits per heavy atom. The summed E-state index contributed by atoms with van der Waals surface area (Å²) >= 11 is 0. The second-order valence-corrected chi connectivity index (χ2v) is 4.96. The van der Waals surface area contributed by atoms with Gasteiger partial charge in [-0.2, -0.15) is 0 Å². The molecule has 18 heavy (non-hydrogen) atoms. The first kappa shape index (κ1) is 13.1. The van der Waals surface area contributed by atoms with Gasteiger partial charge in [0.05, 0.1) is 6.10 Å². The molecule has 1 amide bonds. The lowest BCUT2D eigenvalue weighted by molar-refractivity contribution is -0.131. The minimum atomic E-state index is -0.598. The van der Waals surface area contributed by atoms with Crippen LogP contribution in [0.15, 0.2) is 30.3 Å². The fourth-order valence-electron chi connectivity index (χ4n) is 2.38. The van der Waals surface area contributed by atoms with Gasteiger partial charge in [-0.05, 0) is 18.9 Å². The van der Waals surface area contributed by atoms with Crippen molar-refractivity contribution in [1.29, 1.82) is 0 Å². The molecule has 4 heteroatoms. The van der Waals surface area contributed by atoms with Gasteiger partial charge in [0, 0.05) is 19.0 Å². The standard InChI is InChI=1S/C14H20N2O2/c1-10(17)12-7-8-16(9-12)14(18)13(15)11-5-3-2-4-6-11/h2-6,10,12-13,17H,7-9,15H2,1H3/t10?,12?,13-/m0/s1. The summed E-state index contributed by atoms with van der Waals surface area (Å²) in [4.78, 5) is 14.0. The van der Waals surface area contributed by atoms with E-state index in [1.165, 1.54) is 0 Å². The van der Waals surface area contributed by atoms with E-state index in [9.17, 15) is 9.90 Å². The van der Waals surface area contributed by atoms with Crippen molar-refractivity contribution in [3.05, 3.63) is 35.9 Å².